The van der Waals surface area contributed by atoms with Gasteiger partial charge in [0.15, 0.2) is 5.52 Å². The largest absolute Gasteiger partial charge is 0.308 e. The second-order valence-corrected chi connectivity index (χ2v) is 10.1. The van der Waals surface area contributed by atoms with Crippen LogP contribution in [-0.4, -0.2) is 9.38 Å². The summed E-state index contributed by atoms with van der Waals surface area (Å²) in [5, 5.41) is 5.29. The van der Waals surface area contributed by atoms with E-state index in [2.05, 4.69) is 94.0 Å². The number of pyridine rings is 1. The van der Waals surface area contributed by atoms with E-state index < -0.39 is 0 Å². The number of aryl methyl sites for hydroxylation is 3. The summed E-state index contributed by atoms with van der Waals surface area (Å²) in [6.45, 7) is 13.6. The quantitative estimate of drug-likeness (QED) is 0.167. The molecule has 6 aromatic rings. The molecule has 0 atom stereocenters. The molecule has 3 heteroatoms. The van der Waals surface area contributed by atoms with Gasteiger partial charge in [0.2, 0.25) is 0 Å². The van der Waals surface area contributed by atoms with Gasteiger partial charge in [0, 0.05) is 10.8 Å². The van der Waals surface area contributed by atoms with Gasteiger partial charge in [-0.15, -0.1) is 0 Å². The zero-order valence-electron chi connectivity index (χ0n) is 20.0. The van der Waals surface area contributed by atoms with Crippen LogP contribution in [0.15, 0.2) is 42.7 Å². The van der Waals surface area contributed by atoms with E-state index in [-0.39, 0.29) is 0 Å². The van der Waals surface area contributed by atoms with Crippen LogP contribution >= 0.6 is 0 Å². The first kappa shape index (κ1) is 19.5. The minimum atomic E-state index is 0.444. The Morgan fingerprint density at radius 3 is 2.25 bits per heavy atom. The van der Waals surface area contributed by atoms with Crippen LogP contribution in [0.1, 0.15) is 61.8 Å². The lowest BCUT2D eigenvalue weighted by Gasteiger charge is -2.16. The molecule has 0 bridgehead atoms. The Kier molecular flexibility index (Phi) is 3.90. The second-order valence-electron chi connectivity index (χ2n) is 10.1. The lowest BCUT2D eigenvalue weighted by molar-refractivity contribution is -0.646. The summed E-state index contributed by atoms with van der Waals surface area (Å²) >= 11 is 0. The van der Waals surface area contributed by atoms with E-state index in [0.717, 1.165) is 5.52 Å². The van der Waals surface area contributed by atoms with Crippen molar-refractivity contribution in [2.75, 3.05) is 0 Å². The van der Waals surface area contributed by atoms with Gasteiger partial charge in [-0.3, -0.25) is 0 Å². The fourth-order valence-corrected chi connectivity index (χ4v) is 5.49. The summed E-state index contributed by atoms with van der Waals surface area (Å²) in [7, 11) is 2.13. The van der Waals surface area contributed by atoms with Gasteiger partial charge in [-0.25, -0.2) is 4.57 Å². The van der Waals surface area contributed by atoms with Crippen molar-refractivity contribution in [2.24, 2.45) is 7.05 Å². The van der Waals surface area contributed by atoms with Crippen molar-refractivity contribution in [2.45, 2.75) is 53.4 Å². The molecule has 0 saturated heterocycles. The van der Waals surface area contributed by atoms with Gasteiger partial charge in [-0.2, -0.15) is 0 Å². The third-order valence-electron chi connectivity index (χ3n) is 7.49. The minimum Gasteiger partial charge on any atom is -0.308 e. The van der Waals surface area contributed by atoms with Crippen molar-refractivity contribution >= 4 is 49.1 Å². The van der Waals surface area contributed by atoms with Crippen LogP contribution in [0.3, 0.4) is 0 Å². The van der Waals surface area contributed by atoms with Crippen molar-refractivity contribution in [1.29, 1.82) is 0 Å². The van der Waals surface area contributed by atoms with Crippen molar-refractivity contribution in [3.05, 3.63) is 65.0 Å². The molecule has 0 radical (unpaired) electrons. The number of aromatic nitrogens is 3. The van der Waals surface area contributed by atoms with Crippen molar-refractivity contribution in [3.63, 3.8) is 0 Å². The summed E-state index contributed by atoms with van der Waals surface area (Å²) in [6, 6.07) is 14.1. The van der Waals surface area contributed by atoms with Crippen LogP contribution in [0.2, 0.25) is 0 Å². The van der Waals surface area contributed by atoms with E-state index in [1.165, 1.54) is 65.9 Å². The molecule has 0 spiro atoms. The average molecular weight is 421 g/mol. The van der Waals surface area contributed by atoms with Crippen LogP contribution in [0, 0.1) is 13.8 Å². The maximum absolute atomic E-state index is 4.88. The number of hydrogen-bond acceptors (Lipinski definition) is 1. The summed E-state index contributed by atoms with van der Waals surface area (Å²) in [5.74, 6) is 0.935. The third-order valence-corrected chi connectivity index (χ3v) is 7.49. The standard InChI is InChI=1S/C29H30N3/c1-15(2)19-8-9-21-22-10-17(5)18(6)26-28(22)32(24(21)12-19)25-13-20(16(3)4)11-23-27(25)29(26)31(7)14-30-23/h8-16H,1-7H3/q+1. The van der Waals surface area contributed by atoms with E-state index >= 15 is 0 Å². The molecule has 3 aromatic heterocycles. The number of hydrogen-bond donors (Lipinski definition) is 0. The van der Waals surface area contributed by atoms with E-state index in [1.807, 2.05) is 6.33 Å². The Morgan fingerprint density at radius 1 is 0.812 bits per heavy atom. The molecule has 0 N–H and O–H groups in total. The van der Waals surface area contributed by atoms with Crippen molar-refractivity contribution in [1.82, 2.24) is 9.38 Å². The molecule has 0 fully saturated rings. The lowest BCUT2D eigenvalue weighted by atomic mass is 9.95. The van der Waals surface area contributed by atoms with E-state index in [4.69, 9.17) is 4.98 Å². The van der Waals surface area contributed by atoms with Crippen LogP contribution in [0.4, 0.5) is 0 Å². The van der Waals surface area contributed by atoms with Gasteiger partial charge in [-0.05, 0) is 77.2 Å². The minimum absolute atomic E-state index is 0.444. The molecular formula is C29H30N3+. The predicted molar refractivity (Wildman–Crippen MR) is 135 cm³/mol. The lowest BCUT2D eigenvalue weighted by Crippen LogP contribution is -2.30. The molecule has 0 aliphatic rings. The average Bonchev–Trinajstić information content (AvgIpc) is 3.08. The molecule has 3 heterocycles. The van der Waals surface area contributed by atoms with Crippen molar-refractivity contribution in [3.8, 4) is 0 Å². The topological polar surface area (TPSA) is 21.2 Å². The first-order valence-electron chi connectivity index (χ1n) is 11.7. The Bertz CT molecular complexity index is 1700. The van der Waals surface area contributed by atoms with E-state index in [9.17, 15) is 0 Å². The summed E-state index contributed by atoms with van der Waals surface area (Å²) in [5.41, 5.74) is 11.7. The summed E-state index contributed by atoms with van der Waals surface area (Å²) in [4.78, 5) is 4.88. The molecule has 0 unspecified atom stereocenters. The molecule has 6 rings (SSSR count). The van der Waals surface area contributed by atoms with E-state index in [0.29, 0.717) is 11.8 Å². The second kappa shape index (κ2) is 6.41. The Morgan fingerprint density at radius 2 is 1.53 bits per heavy atom. The normalized spacial score (nSPS) is 12.8. The fourth-order valence-electron chi connectivity index (χ4n) is 5.49. The first-order valence-corrected chi connectivity index (χ1v) is 11.7. The van der Waals surface area contributed by atoms with E-state index in [1.54, 1.807) is 0 Å². The fraction of sp³-hybridized carbons (Fsp3) is 0.310. The molecule has 160 valence electrons. The highest BCUT2D eigenvalue weighted by Gasteiger charge is 2.25. The van der Waals surface area contributed by atoms with Crippen molar-refractivity contribution < 1.29 is 4.57 Å². The van der Waals surface area contributed by atoms with Crippen LogP contribution < -0.4 is 4.57 Å². The SMILES string of the molecule is Cc1cc2c3ccc(C(C)C)cc3n3c4cc(C(C)C)cc5nc[n+](C)c(c(c1C)c23)c54. The highest BCUT2D eigenvalue weighted by Crippen LogP contribution is 2.42. The zero-order valence-corrected chi connectivity index (χ0v) is 20.0. The molecule has 0 saturated carbocycles. The Labute approximate surface area is 188 Å². The third kappa shape index (κ3) is 2.37. The Balaban J connectivity index is 2.04. The van der Waals surface area contributed by atoms with Gasteiger partial charge in [0.1, 0.15) is 5.52 Å². The van der Waals surface area contributed by atoms with Gasteiger partial charge in [0.05, 0.1) is 34.4 Å². The number of fused-ring (bicyclic) bond motifs is 5. The van der Waals surface area contributed by atoms with Crippen LogP contribution in [0.25, 0.3) is 49.1 Å². The summed E-state index contributed by atoms with van der Waals surface area (Å²) in [6.07, 6.45) is 1.98. The van der Waals surface area contributed by atoms with Gasteiger partial charge >= 0.3 is 0 Å². The van der Waals surface area contributed by atoms with Gasteiger partial charge in [-0.1, -0.05) is 39.8 Å². The zero-order chi connectivity index (χ0) is 22.5. The highest BCUT2D eigenvalue weighted by molar-refractivity contribution is 6.25. The first-order chi connectivity index (χ1) is 15.3. The highest BCUT2D eigenvalue weighted by atomic mass is 15.0. The maximum Gasteiger partial charge on any atom is 0.287 e. The summed E-state index contributed by atoms with van der Waals surface area (Å²) < 4.78 is 4.74. The number of nitrogens with zero attached hydrogens (tertiary/aromatic N) is 3. The molecule has 3 aromatic carbocycles. The predicted octanol–water partition coefficient (Wildman–Crippen LogP) is 7.07. The monoisotopic (exact) mass is 420 g/mol. The van der Waals surface area contributed by atoms with Gasteiger partial charge in [0.25, 0.3) is 6.33 Å². The molecule has 3 nitrogen and oxygen atoms in total. The molecule has 0 aliphatic heterocycles. The maximum atomic E-state index is 4.88. The molecule has 32 heavy (non-hydrogen) atoms. The molecule has 0 aliphatic carbocycles. The van der Waals surface area contributed by atoms with Crippen LogP contribution in [-0.2, 0) is 7.05 Å². The van der Waals surface area contributed by atoms with Crippen LogP contribution in [0.5, 0.6) is 0 Å². The number of rotatable bonds is 2. The van der Waals surface area contributed by atoms with Gasteiger partial charge < -0.3 is 4.40 Å². The smallest absolute Gasteiger partial charge is 0.287 e. The molecular weight excluding hydrogens is 390 g/mol. The number of benzene rings is 3. The molecule has 0 amide bonds. The Hall–Kier alpha value is -3.20.